The van der Waals surface area contributed by atoms with Crippen LogP contribution in [0.3, 0.4) is 0 Å². The van der Waals surface area contributed by atoms with Gasteiger partial charge < -0.3 is 10.6 Å². The minimum absolute atomic E-state index is 0.611. The van der Waals surface area contributed by atoms with Crippen molar-refractivity contribution in [2.75, 3.05) is 20.1 Å². The Labute approximate surface area is 76.4 Å². The zero-order chi connectivity index (χ0) is 9.40. The third-order valence-corrected chi connectivity index (χ3v) is 2.26. The summed E-state index contributed by atoms with van der Waals surface area (Å²) in [7, 11) is 2.16. The molecule has 0 aromatic carbocycles. The lowest BCUT2D eigenvalue weighted by atomic mass is 10.2. The van der Waals surface area contributed by atoms with E-state index in [-0.39, 0.29) is 0 Å². The minimum Gasteiger partial charge on any atom is -0.330 e. The summed E-state index contributed by atoms with van der Waals surface area (Å²) in [4.78, 5) is 2.36. The maximum absolute atomic E-state index is 5.48. The standard InChI is InChI=1S/C10H22N2/c1-4-5-6-9-12(3)10(2)7-8-11/h4,10H,1,5-9,11H2,2-3H3. The molecule has 2 heteroatoms. The predicted octanol–water partition coefficient (Wildman–Crippen LogP) is 1.62. The quantitative estimate of drug-likeness (QED) is 0.465. The number of nitrogens with two attached hydrogens (primary N) is 1. The molecule has 0 heterocycles. The number of allylic oxidation sites excluding steroid dienone is 1. The SMILES string of the molecule is C=CCCCN(C)C(C)CCN. The Kier molecular flexibility index (Phi) is 7.11. The second-order valence-corrected chi connectivity index (χ2v) is 3.34. The maximum atomic E-state index is 5.48. The molecule has 0 bridgehead atoms. The largest absolute Gasteiger partial charge is 0.330 e. The summed E-state index contributed by atoms with van der Waals surface area (Å²) in [5, 5.41) is 0. The third-order valence-electron chi connectivity index (χ3n) is 2.26. The number of nitrogens with zero attached hydrogens (tertiary/aromatic N) is 1. The highest BCUT2D eigenvalue weighted by Gasteiger charge is 2.06. The minimum atomic E-state index is 0.611. The van der Waals surface area contributed by atoms with Gasteiger partial charge in [-0.05, 0) is 46.3 Å². The van der Waals surface area contributed by atoms with E-state index in [9.17, 15) is 0 Å². The molecule has 2 N–H and O–H groups in total. The lowest BCUT2D eigenvalue weighted by Crippen LogP contribution is -2.31. The molecule has 1 unspecified atom stereocenters. The van der Waals surface area contributed by atoms with Crippen molar-refractivity contribution in [3.63, 3.8) is 0 Å². The number of unbranched alkanes of at least 4 members (excludes halogenated alkanes) is 1. The summed E-state index contributed by atoms with van der Waals surface area (Å²) in [5.41, 5.74) is 5.48. The number of rotatable bonds is 7. The lowest BCUT2D eigenvalue weighted by Gasteiger charge is -2.23. The molecule has 0 aromatic rings. The van der Waals surface area contributed by atoms with Crippen molar-refractivity contribution in [3.8, 4) is 0 Å². The Morgan fingerprint density at radius 2 is 2.25 bits per heavy atom. The van der Waals surface area contributed by atoms with E-state index in [1.54, 1.807) is 0 Å². The van der Waals surface area contributed by atoms with Gasteiger partial charge in [-0.25, -0.2) is 0 Å². The first-order valence-corrected chi connectivity index (χ1v) is 4.73. The average Bonchev–Trinajstić information content (AvgIpc) is 2.05. The van der Waals surface area contributed by atoms with Crippen LogP contribution in [0.25, 0.3) is 0 Å². The molecule has 0 fully saturated rings. The molecule has 0 radical (unpaired) electrons. The van der Waals surface area contributed by atoms with Crippen LogP contribution < -0.4 is 5.73 Å². The molecule has 0 saturated heterocycles. The van der Waals surface area contributed by atoms with Crippen molar-refractivity contribution in [1.29, 1.82) is 0 Å². The molecule has 0 amide bonds. The maximum Gasteiger partial charge on any atom is 0.00758 e. The Morgan fingerprint density at radius 3 is 2.75 bits per heavy atom. The molecule has 1 atom stereocenters. The predicted molar refractivity (Wildman–Crippen MR) is 55.2 cm³/mol. The zero-order valence-electron chi connectivity index (χ0n) is 8.42. The second kappa shape index (κ2) is 7.32. The smallest absolute Gasteiger partial charge is 0.00758 e. The summed E-state index contributed by atoms with van der Waals surface area (Å²) in [5.74, 6) is 0. The van der Waals surface area contributed by atoms with Crippen molar-refractivity contribution >= 4 is 0 Å². The van der Waals surface area contributed by atoms with E-state index in [4.69, 9.17) is 5.73 Å². The van der Waals surface area contributed by atoms with Gasteiger partial charge in [0.15, 0.2) is 0 Å². The fraction of sp³-hybridized carbons (Fsp3) is 0.800. The number of hydrogen-bond donors (Lipinski definition) is 1. The summed E-state index contributed by atoms with van der Waals surface area (Å²) in [6.45, 7) is 7.85. The van der Waals surface area contributed by atoms with Gasteiger partial charge in [-0.3, -0.25) is 0 Å². The highest BCUT2D eigenvalue weighted by molar-refractivity contribution is 4.69. The van der Waals surface area contributed by atoms with Crippen LogP contribution in [0, 0.1) is 0 Å². The van der Waals surface area contributed by atoms with Crippen LogP contribution in [0.4, 0.5) is 0 Å². The van der Waals surface area contributed by atoms with Gasteiger partial charge in [-0.2, -0.15) is 0 Å². The molecular formula is C10H22N2. The van der Waals surface area contributed by atoms with Gasteiger partial charge in [-0.1, -0.05) is 6.08 Å². The van der Waals surface area contributed by atoms with E-state index in [2.05, 4.69) is 25.5 Å². The molecular weight excluding hydrogens is 148 g/mol. The van der Waals surface area contributed by atoms with Crippen molar-refractivity contribution in [2.45, 2.75) is 32.2 Å². The second-order valence-electron chi connectivity index (χ2n) is 3.34. The van der Waals surface area contributed by atoms with Crippen LogP contribution in [-0.4, -0.2) is 31.1 Å². The van der Waals surface area contributed by atoms with E-state index in [0.717, 1.165) is 25.9 Å². The van der Waals surface area contributed by atoms with Crippen LogP contribution in [0.15, 0.2) is 12.7 Å². The van der Waals surface area contributed by atoms with Crippen molar-refractivity contribution < 1.29 is 0 Å². The molecule has 0 spiro atoms. The van der Waals surface area contributed by atoms with Gasteiger partial charge in [0, 0.05) is 6.04 Å². The third kappa shape index (κ3) is 5.33. The summed E-state index contributed by atoms with van der Waals surface area (Å²) in [6, 6.07) is 0.611. The summed E-state index contributed by atoms with van der Waals surface area (Å²) < 4.78 is 0. The Morgan fingerprint density at radius 1 is 1.58 bits per heavy atom. The van der Waals surface area contributed by atoms with Crippen molar-refractivity contribution in [3.05, 3.63) is 12.7 Å². The van der Waals surface area contributed by atoms with Crippen LogP contribution in [0.5, 0.6) is 0 Å². The number of hydrogen-bond acceptors (Lipinski definition) is 2. The first kappa shape index (κ1) is 11.7. The van der Waals surface area contributed by atoms with Gasteiger partial charge in [0.25, 0.3) is 0 Å². The fourth-order valence-corrected chi connectivity index (χ4v) is 1.17. The normalized spacial score (nSPS) is 13.3. The van der Waals surface area contributed by atoms with Gasteiger partial charge >= 0.3 is 0 Å². The lowest BCUT2D eigenvalue weighted by molar-refractivity contribution is 0.246. The van der Waals surface area contributed by atoms with E-state index in [1.165, 1.54) is 6.42 Å². The Balaban J connectivity index is 3.41. The molecule has 0 aromatic heterocycles. The molecule has 72 valence electrons. The first-order valence-electron chi connectivity index (χ1n) is 4.73. The monoisotopic (exact) mass is 170 g/mol. The Bertz CT molecular complexity index is 112. The highest BCUT2D eigenvalue weighted by atomic mass is 15.1. The van der Waals surface area contributed by atoms with Gasteiger partial charge in [0.1, 0.15) is 0 Å². The summed E-state index contributed by atoms with van der Waals surface area (Å²) in [6.07, 6.45) is 5.38. The van der Waals surface area contributed by atoms with Crippen LogP contribution in [-0.2, 0) is 0 Å². The molecule has 2 nitrogen and oxygen atoms in total. The molecule has 0 aliphatic carbocycles. The van der Waals surface area contributed by atoms with Crippen molar-refractivity contribution in [1.82, 2.24) is 4.90 Å². The molecule has 0 saturated carbocycles. The van der Waals surface area contributed by atoms with Gasteiger partial charge in [-0.15, -0.1) is 6.58 Å². The molecule has 0 aliphatic heterocycles. The average molecular weight is 170 g/mol. The topological polar surface area (TPSA) is 29.3 Å². The van der Waals surface area contributed by atoms with Crippen LogP contribution in [0.2, 0.25) is 0 Å². The van der Waals surface area contributed by atoms with Crippen molar-refractivity contribution in [2.24, 2.45) is 5.73 Å². The first-order chi connectivity index (χ1) is 5.72. The Hall–Kier alpha value is -0.340. The molecule has 0 aliphatic rings. The fourth-order valence-electron chi connectivity index (χ4n) is 1.17. The van der Waals surface area contributed by atoms with Gasteiger partial charge in [0.05, 0.1) is 0 Å². The molecule has 12 heavy (non-hydrogen) atoms. The zero-order valence-corrected chi connectivity index (χ0v) is 8.42. The van der Waals surface area contributed by atoms with Crippen LogP contribution in [0.1, 0.15) is 26.2 Å². The van der Waals surface area contributed by atoms with E-state index in [1.807, 2.05) is 6.08 Å². The van der Waals surface area contributed by atoms with E-state index < -0.39 is 0 Å². The summed E-state index contributed by atoms with van der Waals surface area (Å²) >= 11 is 0. The van der Waals surface area contributed by atoms with Crippen LogP contribution >= 0.6 is 0 Å². The molecule has 0 rings (SSSR count). The van der Waals surface area contributed by atoms with E-state index in [0.29, 0.717) is 6.04 Å². The highest BCUT2D eigenvalue weighted by Crippen LogP contribution is 2.01. The van der Waals surface area contributed by atoms with Gasteiger partial charge in [0.2, 0.25) is 0 Å². The van der Waals surface area contributed by atoms with E-state index >= 15 is 0 Å².